The molecule has 1 atom stereocenters. The third-order valence-corrected chi connectivity index (χ3v) is 6.00. The first kappa shape index (κ1) is 18.7. The molecule has 0 fully saturated rings. The van der Waals surface area contributed by atoms with Crippen LogP contribution in [0.15, 0.2) is 71.8 Å². The van der Waals surface area contributed by atoms with E-state index in [-0.39, 0.29) is 11.6 Å². The third-order valence-electron chi connectivity index (χ3n) is 5.24. The molecule has 30 heavy (non-hydrogen) atoms. The van der Waals surface area contributed by atoms with E-state index in [4.69, 9.17) is 5.73 Å². The number of benzene rings is 2. The van der Waals surface area contributed by atoms with Crippen molar-refractivity contribution >= 4 is 50.2 Å². The maximum Gasteiger partial charge on any atom is 0.263 e. The van der Waals surface area contributed by atoms with Gasteiger partial charge in [-0.05, 0) is 59.2 Å². The van der Waals surface area contributed by atoms with Gasteiger partial charge in [-0.15, -0.1) is 0 Å². The van der Waals surface area contributed by atoms with Crippen molar-refractivity contribution in [3.8, 4) is 5.69 Å². The second-order valence-electron chi connectivity index (χ2n) is 7.00. The van der Waals surface area contributed by atoms with Crippen LogP contribution in [-0.2, 0) is 0 Å². The molecule has 5 aromatic rings. The Morgan fingerprint density at radius 1 is 1.03 bits per heavy atom. The van der Waals surface area contributed by atoms with Crippen molar-refractivity contribution in [1.82, 2.24) is 24.3 Å². The normalized spacial score (nSPS) is 12.5. The number of pyridine rings is 1. The van der Waals surface area contributed by atoms with Crippen LogP contribution in [0.25, 0.3) is 27.5 Å². The number of aromatic nitrogens is 5. The number of nitrogens with zero attached hydrogens (tertiary/aromatic N) is 5. The van der Waals surface area contributed by atoms with Crippen LogP contribution in [0.1, 0.15) is 18.7 Å². The van der Waals surface area contributed by atoms with Crippen LogP contribution in [-0.4, -0.2) is 24.3 Å². The van der Waals surface area contributed by atoms with E-state index in [1.165, 1.54) is 6.33 Å². The highest BCUT2D eigenvalue weighted by Crippen LogP contribution is 2.29. The highest BCUT2D eigenvalue weighted by atomic mass is 127. The number of fused-ring (bicyclic) bond motifs is 2. The Morgan fingerprint density at radius 3 is 2.57 bits per heavy atom. The van der Waals surface area contributed by atoms with Gasteiger partial charge >= 0.3 is 0 Å². The fraction of sp³-hybridized carbons (Fsp3) is 0.0909. The molecule has 0 amide bonds. The summed E-state index contributed by atoms with van der Waals surface area (Å²) in [6, 6.07) is 19.0. The van der Waals surface area contributed by atoms with Gasteiger partial charge in [0.25, 0.3) is 5.56 Å². The molecule has 8 heteroatoms. The van der Waals surface area contributed by atoms with E-state index in [9.17, 15) is 4.79 Å². The maximum absolute atomic E-state index is 13.5. The first-order chi connectivity index (χ1) is 14.6. The zero-order chi connectivity index (χ0) is 20.8. The molecule has 0 aliphatic carbocycles. The first-order valence-corrected chi connectivity index (χ1v) is 10.5. The Morgan fingerprint density at radius 2 is 1.77 bits per heavy atom. The van der Waals surface area contributed by atoms with Crippen molar-refractivity contribution in [2.75, 3.05) is 5.73 Å². The minimum absolute atomic E-state index is 0.0681. The quantitative estimate of drug-likeness (QED) is 0.373. The Balaban J connectivity index is 1.83. The highest BCUT2D eigenvalue weighted by molar-refractivity contribution is 14.1. The lowest BCUT2D eigenvalue weighted by Gasteiger charge is -2.20. The summed E-state index contributed by atoms with van der Waals surface area (Å²) in [6.45, 7) is 2.00. The van der Waals surface area contributed by atoms with Crippen molar-refractivity contribution in [2.45, 2.75) is 13.0 Å². The average Bonchev–Trinajstić information content (AvgIpc) is 3.11. The Bertz CT molecular complexity index is 1460. The number of anilines is 1. The molecular formula is C22H17IN6O. The Kier molecular flexibility index (Phi) is 4.50. The van der Waals surface area contributed by atoms with Gasteiger partial charge in [0.15, 0.2) is 5.65 Å². The monoisotopic (exact) mass is 508 g/mol. The van der Waals surface area contributed by atoms with Crippen LogP contribution < -0.4 is 11.3 Å². The summed E-state index contributed by atoms with van der Waals surface area (Å²) in [5, 5.41) is 6.95. The van der Waals surface area contributed by atoms with Gasteiger partial charge in [0.05, 0.1) is 17.1 Å². The van der Waals surface area contributed by atoms with Crippen LogP contribution in [0, 0.1) is 3.70 Å². The van der Waals surface area contributed by atoms with E-state index in [0.29, 0.717) is 16.9 Å². The average molecular weight is 508 g/mol. The van der Waals surface area contributed by atoms with Crippen LogP contribution >= 0.6 is 22.6 Å². The lowest BCUT2D eigenvalue weighted by molar-refractivity contribution is 0.549. The van der Waals surface area contributed by atoms with Crippen LogP contribution in [0.2, 0.25) is 0 Å². The number of para-hydroxylation sites is 1. The smallest absolute Gasteiger partial charge is 0.263 e. The molecule has 148 valence electrons. The highest BCUT2D eigenvalue weighted by Gasteiger charge is 2.22. The SMILES string of the molecule is CC(c1cc2ccccc2c(=O)n1-c1ccccc1)n1nc(I)c2c(N)ncnc21. The summed E-state index contributed by atoms with van der Waals surface area (Å²) >= 11 is 2.14. The van der Waals surface area contributed by atoms with Gasteiger partial charge in [-0.3, -0.25) is 9.36 Å². The van der Waals surface area contributed by atoms with Gasteiger partial charge in [0, 0.05) is 11.1 Å². The van der Waals surface area contributed by atoms with Gasteiger partial charge < -0.3 is 5.73 Å². The lowest BCUT2D eigenvalue weighted by atomic mass is 10.1. The van der Waals surface area contributed by atoms with E-state index in [1.54, 1.807) is 9.25 Å². The molecule has 0 aliphatic rings. The molecule has 0 aliphatic heterocycles. The fourth-order valence-corrected chi connectivity index (χ4v) is 4.53. The molecule has 0 saturated carbocycles. The van der Waals surface area contributed by atoms with Gasteiger partial charge in [-0.1, -0.05) is 36.4 Å². The number of halogens is 1. The molecule has 3 aromatic heterocycles. The zero-order valence-electron chi connectivity index (χ0n) is 16.0. The molecular weight excluding hydrogens is 491 g/mol. The van der Waals surface area contributed by atoms with Gasteiger partial charge in [0.2, 0.25) is 0 Å². The van der Waals surface area contributed by atoms with Gasteiger partial charge in [-0.25, -0.2) is 14.6 Å². The molecule has 2 N–H and O–H groups in total. The van der Waals surface area contributed by atoms with Crippen LogP contribution in [0.4, 0.5) is 5.82 Å². The summed E-state index contributed by atoms with van der Waals surface area (Å²) in [7, 11) is 0. The summed E-state index contributed by atoms with van der Waals surface area (Å²) in [5.41, 5.74) is 8.24. The summed E-state index contributed by atoms with van der Waals surface area (Å²) in [5.74, 6) is 0.391. The molecule has 5 rings (SSSR count). The number of rotatable bonds is 3. The van der Waals surface area contributed by atoms with Crippen molar-refractivity contribution in [1.29, 1.82) is 0 Å². The molecule has 1 unspecified atom stereocenters. The van der Waals surface area contributed by atoms with E-state index in [1.807, 2.05) is 67.6 Å². The van der Waals surface area contributed by atoms with E-state index in [2.05, 4.69) is 37.7 Å². The lowest BCUT2D eigenvalue weighted by Crippen LogP contribution is -2.25. The predicted molar refractivity (Wildman–Crippen MR) is 126 cm³/mol. The van der Waals surface area contributed by atoms with Crippen molar-refractivity contribution in [3.63, 3.8) is 0 Å². The molecule has 0 bridgehead atoms. The van der Waals surface area contributed by atoms with E-state index in [0.717, 1.165) is 25.9 Å². The first-order valence-electron chi connectivity index (χ1n) is 9.40. The fourth-order valence-electron chi connectivity index (χ4n) is 3.78. The number of hydrogen-bond donors (Lipinski definition) is 1. The standard InChI is InChI=1S/C22H17IN6O/c1-13(29-21-18(19(23)27-29)20(24)25-12-26-21)17-11-14-7-5-6-10-16(14)22(30)28(17)15-8-3-2-4-9-15/h2-13H,1H3,(H2,24,25,26). The molecule has 0 saturated heterocycles. The molecule has 3 heterocycles. The largest absolute Gasteiger partial charge is 0.383 e. The number of hydrogen-bond acceptors (Lipinski definition) is 5. The molecule has 0 radical (unpaired) electrons. The number of nitrogens with two attached hydrogens (primary N) is 1. The predicted octanol–water partition coefficient (Wildman–Crippen LogP) is 3.93. The Hall–Kier alpha value is -3.27. The molecule has 0 spiro atoms. The van der Waals surface area contributed by atoms with Crippen molar-refractivity contribution in [3.05, 3.63) is 86.7 Å². The summed E-state index contributed by atoms with van der Waals surface area (Å²) in [4.78, 5) is 22.0. The van der Waals surface area contributed by atoms with E-state index >= 15 is 0 Å². The van der Waals surface area contributed by atoms with Crippen molar-refractivity contribution < 1.29 is 0 Å². The van der Waals surface area contributed by atoms with Crippen molar-refractivity contribution in [2.24, 2.45) is 0 Å². The Labute approximate surface area is 185 Å². The van der Waals surface area contributed by atoms with E-state index < -0.39 is 0 Å². The van der Waals surface area contributed by atoms with Gasteiger partial charge in [-0.2, -0.15) is 5.10 Å². The second kappa shape index (κ2) is 7.21. The van der Waals surface area contributed by atoms with Crippen LogP contribution in [0.3, 0.4) is 0 Å². The maximum atomic E-state index is 13.5. The molecule has 7 nitrogen and oxygen atoms in total. The minimum Gasteiger partial charge on any atom is -0.383 e. The topological polar surface area (TPSA) is 91.6 Å². The second-order valence-corrected chi connectivity index (χ2v) is 8.02. The minimum atomic E-state index is -0.275. The summed E-state index contributed by atoms with van der Waals surface area (Å²) < 4.78 is 4.28. The zero-order valence-corrected chi connectivity index (χ0v) is 18.2. The molecule has 2 aromatic carbocycles. The van der Waals surface area contributed by atoms with Crippen LogP contribution in [0.5, 0.6) is 0 Å². The summed E-state index contributed by atoms with van der Waals surface area (Å²) in [6.07, 6.45) is 1.43. The third kappa shape index (κ3) is 2.86. The van der Waals surface area contributed by atoms with Gasteiger partial charge in [0.1, 0.15) is 15.8 Å². The number of nitrogen functional groups attached to an aromatic ring is 1.